The van der Waals surface area contributed by atoms with Crippen LogP contribution in [0.5, 0.6) is 0 Å². The first-order valence-corrected chi connectivity index (χ1v) is 11.0. The first-order chi connectivity index (χ1) is 13.9. The standard InChI is InChI=1S/C17H19FN4O5S2/c1-2-20-29(24,25)13-5-3-11(4-6-13)15(22-27-12-7-8-26-10-12)16(23)21-17-19-9-14(18)28-17/h3-6,9,12,20H,2,7-8,10H2,1H3,(H,19,21,23)/t12-/m1/s1. The number of sulfonamides is 1. The number of hydrogen-bond donors (Lipinski definition) is 2. The second-order valence-corrected chi connectivity index (χ2v) is 8.73. The summed E-state index contributed by atoms with van der Waals surface area (Å²) in [6, 6.07) is 5.61. The number of nitrogens with zero attached hydrogens (tertiary/aromatic N) is 2. The lowest BCUT2D eigenvalue weighted by atomic mass is 10.1. The van der Waals surface area contributed by atoms with Crippen LogP contribution in [0.15, 0.2) is 40.5 Å². The molecule has 0 radical (unpaired) electrons. The maximum absolute atomic E-state index is 13.1. The largest absolute Gasteiger partial charge is 0.389 e. The zero-order valence-corrected chi connectivity index (χ0v) is 17.1. The molecule has 0 bridgehead atoms. The number of aromatic nitrogens is 1. The Labute approximate surface area is 171 Å². The molecule has 1 saturated heterocycles. The molecule has 1 aliphatic rings. The number of oxime groups is 1. The van der Waals surface area contributed by atoms with E-state index in [1.54, 1.807) is 6.92 Å². The summed E-state index contributed by atoms with van der Waals surface area (Å²) in [6.45, 7) is 2.82. The molecule has 29 heavy (non-hydrogen) atoms. The number of carbonyl (C=O) groups excluding carboxylic acids is 1. The Kier molecular flexibility index (Phi) is 6.90. The van der Waals surface area contributed by atoms with Gasteiger partial charge in [-0.15, -0.1) is 0 Å². The summed E-state index contributed by atoms with van der Waals surface area (Å²) < 4.78 is 44.9. The van der Waals surface area contributed by atoms with E-state index >= 15 is 0 Å². The van der Waals surface area contributed by atoms with Gasteiger partial charge in [0.15, 0.2) is 22.1 Å². The van der Waals surface area contributed by atoms with Crippen LogP contribution in [0, 0.1) is 5.13 Å². The van der Waals surface area contributed by atoms with Gasteiger partial charge in [0.1, 0.15) is 0 Å². The number of halogens is 1. The van der Waals surface area contributed by atoms with Crippen LogP contribution in [0.25, 0.3) is 0 Å². The van der Waals surface area contributed by atoms with Crippen LogP contribution in [-0.4, -0.2) is 50.9 Å². The van der Waals surface area contributed by atoms with Crippen molar-refractivity contribution in [2.45, 2.75) is 24.3 Å². The smallest absolute Gasteiger partial charge is 0.280 e. The highest BCUT2D eigenvalue weighted by molar-refractivity contribution is 7.89. The van der Waals surface area contributed by atoms with Crippen LogP contribution < -0.4 is 10.0 Å². The van der Waals surface area contributed by atoms with Crippen molar-refractivity contribution in [1.29, 1.82) is 0 Å². The molecule has 1 aromatic heterocycles. The van der Waals surface area contributed by atoms with Crippen molar-refractivity contribution >= 4 is 38.1 Å². The molecule has 1 atom stereocenters. The fraction of sp³-hybridized carbons (Fsp3) is 0.353. The third kappa shape index (κ3) is 5.56. The molecule has 3 rings (SSSR count). The number of nitrogens with one attached hydrogen (secondary N) is 2. The van der Waals surface area contributed by atoms with Crippen LogP contribution in [0.3, 0.4) is 0 Å². The van der Waals surface area contributed by atoms with E-state index in [0.29, 0.717) is 36.5 Å². The Morgan fingerprint density at radius 3 is 2.76 bits per heavy atom. The zero-order valence-electron chi connectivity index (χ0n) is 15.4. The van der Waals surface area contributed by atoms with E-state index in [4.69, 9.17) is 9.57 Å². The third-order valence-electron chi connectivity index (χ3n) is 3.87. The van der Waals surface area contributed by atoms with Crippen LogP contribution in [0.1, 0.15) is 18.9 Å². The van der Waals surface area contributed by atoms with Gasteiger partial charge in [-0.2, -0.15) is 4.39 Å². The number of hydrogen-bond acceptors (Lipinski definition) is 8. The minimum absolute atomic E-state index is 0.0509. The van der Waals surface area contributed by atoms with Crippen LogP contribution >= 0.6 is 11.3 Å². The van der Waals surface area contributed by atoms with Crippen molar-refractivity contribution in [2.75, 3.05) is 25.1 Å². The summed E-state index contributed by atoms with van der Waals surface area (Å²) in [5, 5.41) is 5.93. The second-order valence-electron chi connectivity index (χ2n) is 5.98. The maximum atomic E-state index is 13.1. The summed E-state index contributed by atoms with van der Waals surface area (Å²) >= 11 is 0.670. The molecule has 2 aromatic rings. The molecule has 0 saturated carbocycles. The molecule has 1 amide bonds. The van der Waals surface area contributed by atoms with E-state index in [0.717, 1.165) is 6.20 Å². The van der Waals surface area contributed by atoms with Gasteiger partial charge in [-0.3, -0.25) is 10.1 Å². The van der Waals surface area contributed by atoms with Crippen molar-refractivity contribution in [3.05, 3.63) is 41.2 Å². The molecule has 0 aliphatic carbocycles. The van der Waals surface area contributed by atoms with E-state index in [1.807, 2.05) is 0 Å². The van der Waals surface area contributed by atoms with Crippen molar-refractivity contribution in [1.82, 2.24) is 9.71 Å². The van der Waals surface area contributed by atoms with Gasteiger partial charge in [-0.25, -0.2) is 18.1 Å². The number of anilines is 1. The Hall–Kier alpha value is -2.41. The Morgan fingerprint density at radius 2 is 2.17 bits per heavy atom. The minimum atomic E-state index is -3.63. The van der Waals surface area contributed by atoms with Crippen LogP contribution in [-0.2, 0) is 24.4 Å². The van der Waals surface area contributed by atoms with Gasteiger partial charge >= 0.3 is 0 Å². The number of rotatable bonds is 8. The van der Waals surface area contributed by atoms with Crippen molar-refractivity contribution in [3.8, 4) is 0 Å². The topological polar surface area (TPSA) is 119 Å². The Balaban J connectivity index is 1.85. The predicted molar refractivity (Wildman–Crippen MR) is 105 cm³/mol. The average molecular weight is 442 g/mol. The van der Waals surface area contributed by atoms with Gasteiger partial charge in [-0.1, -0.05) is 35.5 Å². The van der Waals surface area contributed by atoms with Crippen LogP contribution in [0.2, 0.25) is 0 Å². The Morgan fingerprint density at radius 1 is 1.41 bits per heavy atom. The molecule has 1 aromatic carbocycles. The lowest BCUT2D eigenvalue weighted by Crippen LogP contribution is -2.26. The van der Waals surface area contributed by atoms with Gasteiger partial charge in [0.05, 0.1) is 24.3 Å². The maximum Gasteiger partial charge on any atom is 0.280 e. The number of carbonyl (C=O) groups is 1. The molecule has 0 unspecified atom stereocenters. The summed E-state index contributed by atoms with van der Waals surface area (Å²) in [5.74, 6) is -0.666. The number of thiazole rings is 1. The quantitative estimate of drug-likeness (QED) is 0.475. The van der Waals surface area contributed by atoms with E-state index in [2.05, 4.69) is 20.2 Å². The molecule has 156 valence electrons. The average Bonchev–Trinajstić information content (AvgIpc) is 3.34. The van der Waals surface area contributed by atoms with E-state index in [1.165, 1.54) is 24.3 Å². The van der Waals surface area contributed by atoms with Gasteiger partial charge < -0.3 is 9.57 Å². The molecule has 12 heteroatoms. The Bertz CT molecular complexity index is 986. The zero-order chi connectivity index (χ0) is 20.9. The molecule has 2 N–H and O–H groups in total. The van der Waals surface area contributed by atoms with E-state index in [9.17, 15) is 17.6 Å². The minimum Gasteiger partial charge on any atom is -0.389 e. The normalized spacial score (nSPS) is 17.3. The number of ether oxygens (including phenoxy) is 1. The number of amides is 1. The molecule has 1 aliphatic heterocycles. The van der Waals surface area contributed by atoms with Crippen molar-refractivity contribution in [2.24, 2.45) is 5.16 Å². The van der Waals surface area contributed by atoms with Crippen LogP contribution in [0.4, 0.5) is 9.52 Å². The van der Waals surface area contributed by atoms with Crippen molar-refractivity contribution < 1.29 is 27.2 Å². The fourth-order valence-corrected chi connectivity index (χ4v) is 4.06. The lowest BCUT2D eigenvalue weighted by Gasteiger charge is -2.10. The third-order valence-corrected chi connectivity index (χ3v) is 6.13. The highest BCUT2D eigenvalue weighted by atomic mass is 32.2. The summed E-state index contributed by atoms with van der Waals surface area (Å²) in [7, 11) is -3.63. The molecule has 9 nitrogen and oxygen atoms in total. The highest BCUT2D eigenvalue weighted by Gasteiger charge is 2.22. The molecule has 0 spiro atoms. The fourth-order valence-electron chi connectivity index (χ4n) is 2.48. The van der Waals surface area contributed by atoms with E-state index in [-0.39, 0.29) is 28.4 Å². The molecule has 2 heterocycles. The van der Waals surface area contributed by atoms with Gasteiger partial charge in [-0.05, 0) is 12.1 Å². The van der Waals surface area contributed by atoms with Gasteiger partial charge in [0.2, 0.25) is 10.0 Å². The summed E-state index contributed by atoms with van der Waals surface area (Å²) in [5.41, 5.74) is 0.230. The predicted octanol–water partition coefficient (Wildman–Crippen LogP) is 1.73. The van der Waals surface area contributed by atoms with E-state index < -0.39 is 21.1 Å². The van der Waals surface area contributed by atoms with Gasteiger partial charge in [0, 0.05) is 18.5 Å². The second kappa shape index (κ2) is 9.39. The summed E-state index contributed by atoms with van der Waals surface area (Å²) in [4.78, 5) is 21.9. The molecule has 1 fully saturated rings. The summed E-state index contributed by atoms with van der Waals surface area (Å²) in [6.07, 6.45) is 1.34. The molecular formula is C17H19FN4O5S2. The van der Waals surface area contributed by atoms with Gasteiger partial charge in [0.25, 0.3) is 5.91 Å². The first-order valence-electron chi connectivity index (χ1n) is 8.73. The number of benzene rings is 1. The lowest BCUT2D eigenvalue weighted by molar-refractivity contribution is -0.110. The highest BCUT2D eigenvalue weighted by Crippen LogP contribution is 2.18. The monoisotopic (exact) mass is 442 g/mol. The SMILES string of the molecule is CCNS(=O)(=O)c1ccc(C(=NO[C@@H]2CCOC2)C(=O)Nc2ncc(F)s2)cc1. The molecular weight excluding hydrogens is 423 g/mol. The van der Waals surface area contributed by atoms with Crippen molar-refractivity contribution in [3.63, 3.8) is 0 Å². The first kappa shape index (κ1) is 21.3.